The van der Waals surface area contributed by atoms with Gasteiger partial charge in [0, 0.05) is 11.2 Å². The first-order valence-electron chi connectivity index (χ1n) is 6.89. The molecule has 0 spiro atoms. The van der Waals surface area contributed by atoms with Gasteiger partial charge in [0.2, 0.25) is 5.91 Å². The van der Waals surface area contributed by atoms with Gasteiger partial charge < -0.3 is 5.32 Å². The molecule has 0 aliphatic heterocycles. The van der Waals surface area contributed by atoms with Crippen LogP contribution in [0, 0.1) is 0 Å². The minimum absolute atomic E-state index is 0.0247. The van der Waals surface area contributed by atoms with Crippen LogP contribution < -0.4 is 5.32 Å². The van der Waals surface area contributed by atoms with Gasteiger partial charge in [0.25, 0.3) is 0 Å². The van der Waals surface area contributed by atoms with Crippen molar-refractivity contribution >= 4 is 17.5 Å². The molecule has 0 aliphatic rings. The molecule has 0 aliphatic carbocycles. The van der Waals surface area contributed by atoms with Crippen molar-refractivity contribution in [1.29, 1.82) is 0 Å². The molecule has 7 nitrogen and oxygen atoms in total. The highest BCUT2D eigenvalue weighted by atomic mass is 35.5. The van der Waals surface area contributed by atoms with Gasteiger partial charge in [0.05, 0.1) is 11.7 Å². The van der Waals surface area contributed by atoms with Gasteiger partial charge in [-0.15, -0.1) is 5.10 Å². The summed E-state index contributed by atoms with van der Waals surface area (Å²) in [7, 11) is 0. The van der Waals surface area contributed by atoms with Crippen LogP contribution in [0.3, 0.4) is 0 Å². The summed E-state index contributed by atoms with van der Waals surface area (Å²) in [6.07, 6.45) is 3.06. The van der Waals surface area contributed by atoms with E-state index in [1.807, 2.05) is 30.3 Å². The normalized spacial score (nSPS) is 11.9. The van der Waals surface area contributed by atoms with Gasteiger partial charge in [0.15, 0.2) is 0 Å². The number of pyridine rings is 1. The molecule has 0 bridgehead atoms. The number of halogens is 1. The minimum Gasteiger partial charge on any atom is -0.342 e. The number of tetrazole rings is 1. The number of carbonyl (C=O) groups is 1. The molecule has 2 aromatic heterocycles. The second kappa shape index (κ2) is 6.97. The average molecular weight is 329 g/mol. The summed E-state index contributed by atoms with van der Waals surface area (Å²) in [5.74, 6) is -0.229. The number of nitrogens with zero attached hydrogens (tertiary/aromatic N) is 5. The summed E-state index contributed by atoms with van der Waals surface area (Å²) in [5, 5.41) is 14.2. The lowest BCUT2D eigenvalue weighted by atomic mass is 10.0. The van der Waals surface area contributed by atoms with Gasteiger partial charge in [-0.3, -0.25) is 9.78 Å². The van der Waals surface area contributed by atoms with E-state index in [0.29, 0.717) is 5.02 Å². The third kappa shape index (κ3) is 3.89. The van der Waals surface area contributed by atoms with Gasteiger partial charge in [-0.05, 0) is 40.3 Å². The summed E-state index contributed by atoms with van der Waals surface area (Å²) in [6.45, 7) is 0.0247. The number of aromatic nitrogens is 5. The van der Waals surface area contributed by atoms with E-state index in [1.165, 1.54) is 11.0 Å². The van der Waals surface area contributed by atoms with Crippen molar-refractivity contribution in [3.8, 4) is 0 Å². The lowest BCUT2D eigenvalue weighted by molar-refractivity contribution is -0.122. The first kappa shape index (κ1) is 15.1. The second-order valence-electron chi connectivity index (χ2n) is 4.82. The molecule has 0 unspecified atom stereocenters. The molecule has 1 amide bonds. The molecule has 2 heterocycles. The molecule has 1 atom stereocenters. The van der Waals surface area contributed by atoms with Crippen LogP contribution in [-0.2, 0) is 11.3 Å². The van der Waals surface area contributed by atoms with Crippen molar-refractivity contribution in [2.24, 2.45) is 0 Å². The Bertz CT molecular complexity index is 778. The maximum Gasteiger partial charge on any atom is 0.242 e. The highest BCUT2D eigenvalue weighted by molar-refractivity contribution is 6.30. The van der Waals surface area contributed by atoms with E-state index in [4.69, 9.17) is 11.6 Å². The molecule has 116 valence electrons. The Balaban J connectivity index is 1.85. The first-order valence-corrected chi connectivity index (χ1v) is 7.27. The standard InChI is InChI=1S/C15H13ClN6O/c16-12-5-3-4-11(8-12)15(13-6-1-2-7-17-13)19-14(23)9-22-10-18-20-21-22/h1-8,10,15H,9H2,(H,19,23)/t15-/m1/s1. The zero-order valence-electron chi connectivity index (χ0n) is 12.0. The number of hydrogen-bond acceptors (Lipinski definition) is 5. The maximum absolute atomic E-state index is 12.3. The molecular formula is C15H13ClN6O. The number of hydrogen-bond donors (Lipinski definition) is 1. The quantitative estimate of drug-likeness (QED) is 0.769. The third-order valence-corrected chi connectivity index (χ3v) is 3.40. The average Bonchev–Trinajstić information content (AvgIpc) is 3.06. The smallest absolute Gasteiger partial charge is 0.242 e. The maximum atomic E-state index is 12.3. The molecule has 1 N–H and O–H groups in total. The van der Waals surface area contributed by atoms with E-state index >= 15 is 0 Å². The number of nitrogens with one attached hydrogen (secondary N) is 1. The first-order chi connectivity index (χ1) is 11.2. The van der Waals surface area contributed by atoms with Crippen molar-refractivity contribution in [2.45, 2.75) is 12.6 Å². The van der Waals surface area contributed by atoms with E-state index in [0.717, 1.165) is 11.3 Å². The minimum atomic E-state index is -0.404. The third-order valence-electron chi connectivity index (χ3n) is 3.17. The lowest BCUT2D eigenvalue weighted by Crippen LogP contribution is -2.32. The van der Waals surface area contributed by atoms with Gasteiger partial charge in [-0.25, -0.2) is 4.68 Å². The van der Waals surface area contributed by atoms with Crippen LogP contribution in [0.15, 0.2) is 55.0 Å². The van der Waals surface area contributed by atoms with Crippen molar-refractivity contribution in [3.63, 3.8) is 0 Å². The van der Waals surface area contributed by atoms with Crippen LogP contribution in [0.2, 0.25) is 5.02 Å². The molecule has 3 rings (SSSR count). The van der Waals surface area contributed by atoms with Crippen molar-refractivity contribution < 1.29 is 4.79 Å². The zero-order chi connectivity index (χ0) is 16.1. The van der Waals surface area contributed by atoms with E-state index in [9.17, 15) is 4.79 Å². The van der Waals surface area contributed by atoms with E-state index < -0.39 is 6.04 Å². The van der Waals surface area contributed by atoms with Crippen molar-refractivity contribution in [3.05, 3.63) is 71.3 Å². The number of benzene rings is 1. The van der Waals surface area contributed by atoms with Crippen LogP contribution in [0.4, 0.5) is 0 Å². The number of amides is 1. The summed E-state index contributed by atoms with van der Waals surface area (Å²) in [4.78, 5) is 16.6. The molecule has 23 heavy (non-hydrogen) atoms. The number of carbonyl (C=O) groups excluding carboxylic acids is 1. The van der Waals surface area contributed by atoms with Crippen molar-refractivity contribution in [1.82, 2.24) is 30.5 Å². The predicted molar refractivity (Wildman–Crippen MR) is 83.5 cm³/mol. The molecule has 0 radical (unpaired) electrons. The lowest BCUT2D eigenvalue weighted by Gasteiger charge is -2.19. The Labute approximate surface area is 137 Å². The highest BCUT2D eigenvalue weighted by Crippen LogP contribution is 2.23. The van der Waals surface area contributed by atoms with Crippen LogP contribution >= 0.6 is 11.6 Å². The molecule has 3 aromatic rings. The van der Waals surface area contributed by atoms with Gasteiger partial charge in [-0.1, -0.05) is 29.8 Å². The van der Waals surface area contributed by atoms with Crippen molar-refractivity contribution in [2.75, 3.05) is 0 Å². The molecule has 8 heteroatoms. The zero-order valence-corrected chi connectivity index (χ0v) is 12.8. The van der Waals surface area contributed by atoms with Gasteiger partial charge in [0.1, 0.15) is 12.9 Å². The fourth-order valence-electron chi connectivity index (χ4n) is 2.17. The molecule has 0 saturated heterocycles. The summed E-state index contributed by atoms with van der Waals surface area (Å²) >= 11 is 6.06. The van der Waals surface area contributed by atoms with Crippen LogP contribution in [0.5, 0.6) is 0 Å². The number of rotatable bonds is 5. The van der Waals surface area contributed by atoms with Crippen LogP contribution in [0.25, 0.3) is 0 Å². The highest BCUT2D eigenvalue weighted by Gasteiger charge is 2.18. The second-order valence-corrected chi connectivity index (χ2v) is 5.25. The molecule has 1 aromatic carbocycles. The van der Waals surface area contributed by atoms with Crippen LogP contribution in [0.1, 0.15) is 17.3 Å². The topological polar surface area (TPSA) is 85.6 Å². The molecule has 0 saturated carbocycles. The fraction of sp³-hybridized carbons (Fsp3) is 0.133. The van der Waals surface area contributed by atoms with Crippen LogP contribution in [-0.4, -0.2) is 31.1 Å². The Morgan fingerprint density at radius 3 is 2.87 bits per heavy atom. The monoisotopic (exact) mass is 328 g/mol. The predicted octanol–water partition coefficient (Wildman–Crippen LogP) is 1.63. The Hall–Kier alpha value is -2.80. The largest absolute Gasteiger partial charge is 0.342 e. The summed E-state index contributed by atoms with van der Waals surface area (Å²) < 4.78 is 1.35. The summed E-state index contributed by atoms with van der Waals surface area (Å²) in [6, 6.07) is 12.4. The Kier molecular flexibility index (Phi) is 4.58. The summed E-state index contributed by atoms with van der Waals surface area (Å²) in [5.41, 5.74) is 1.57. The van der Waals surface area contributed by atoms with E-state index in [1.54, 1.807) is 18.3 Å². The Morgan fingerprint density at radius 1 is 1.26 bits per heavy atom. The van der Waals surface area contributed by atoms with Gasteiger partial charge >= 0.3 is 0 Å². The molecule has 0 fully saturated rings. The fourth-order valence-corrected chi connectivity index (χ4v) is 2.37. The van der Waals surface area contributed by atoms with E-state index in [-0.39, 0.29) is 12.5 Å². The van der Waals surface area contributed by atoms with Gasteiger partial charge in [-0.2, -0.15) is 0 Å². The van der Waals surface area contributed by atoms with E-state index in [2.05, 4.69) is 25.8 Å². The Morgan fingerprint density at radius 2 is 2.17 bits per heavy atom. The SMILES string of the molecule is O=C(Cn1cnnn1)N[C@H](c1cccc(Cl)c1)c1ccccn1. The molecular weight excluding hydrogens is 316 g/mol.